The highest BCUT2D eigenvalue weighted by molar-refractivity contribution is 5.99. The summed E-state index contributed by atoms with van der Waals surface area (Å²) in [6.45, 7) is 0. The lowest BCUT2D eigenvalue weighted by molar-refractivity contribution is 0.0984. The molecular weight excluding hydrogens is 242 g/mol. The Labute approximate surface area is 110 Å². The molecule has 0 atom stereocenters. The Morgan fingerprint density at radius 2 is 1.84 bits per heavy atom. The summed E-state index contributed by atoms with van der Waals surface area (Å²) in [5.74, 6) is -0.634. The number of nitrogen functional groups attached to an aromatic ring is 1. The number of pyridine rings is 1. The van der Waals surface area contributed by atoms with Crippen LogP contribution in [0.1, 0.15) is 26.3 Å². The largest absolute Gasteiger partial charge is 0.383 e. The van der Waals surface area contributed by atoms with Crippen molar-refractivity contribution < 1.29 is 9.59 Å². The Kier molecular flexibility index (Phi) is 3.56. The number of benzene rings is 1. The van der Waals surface area contributed by atoms with Crippen LogP contribution in [-0.4, -0.2) is 16.7 Å². The fourth-order valence-corrected chi connectivity index (χ4v) is 1.72. The van der Waals surface area contributed by atoms with Crippen LogP contribution < -0.4 is 11.5 Å². The van der Waals surface area contributed by atoms with Crippen molar-refractivity contribution in [3.63, 3.8) is 0 Å². The van der Waals surface area contributed by atoms with E-state index >= 15 is 0 Å². The average Bonchev–Trinajstić information content (AvgIpc) is 2.41. The van der Waals surface area contributed by atoms with Crippen LogP contribution in [-0.2, 0) is 6.42 Å². The van der Waals surface area contributed by atoms with Gasteiger partial charge < -0.3 is 11.5 Å². The first-order chi connectivity index (χ1) is 9.08. The van der Waals surface area contributed by atoms with Gasteiger partial charge in [-0.3, -0.25) is 9.59 Å². The Hall–Kier alpha value is -2.69. The summed E-state index contributed by atoms with van der Waals surface area (Å²) in [7, 11) is 0. The number of carbonyl (C=O) groups excluding carboxylic acids is 2. The number of hydrogen-bond donors (Lipinski definition) is 2. The number of nitrogens with zero attached hydrogens (tertiary/aromatic N) is 1. The van der Waals surface area contributed by atoms with Crippen LogP contribution in [0, 0.1) is 0 Å². The molecule has 5 nitrogen and oxygen atoms in total. The number of amides is 1. The SMILES string of the molecule is NC(=O)c1cc(CC(=O)c2ccccc2)cnc1N. The van der Waals surface area contributed by atoms with Gasteiger partial charge in [0.1, 0.15) is 5.82 Å². The molecule has 5 heteroatoms. The van der Waals surface area contributed by atoms with Gasteiger partial charge in [-0.1, -0.05) is 30.3 Å². The van der Waals surface area contributed by atoms with Crippen molar-refractivity contribution in [3.8, 4) is 0 Å². The van der Waals surface area contributed by atoms with E-state index in [1.165, 1.54) is 12.3 Å². The molecule has 0 saturated carbocycles. The van der Waals surface area contributed by atoms with Crippen LogP contribution in [0.25, 0.3) is 0 Å². The second kappa shape index (κ2) is 5.30. The molecule has 0 unspecified atom stereocenters. The van der Waals surface area contributed by atoms with Gasteiger partial charge in [-0.25, -0.2) is 4.98 Å². The predicted octanol–water partition coefficient (Wildman–Crippen LogP) is 1.19. The van der Waals surface area contributed by atoms with Crippen LogP contribution in [0.2, 0.25) is 0 Å². The summed E-state index contributed by atoms with van der Waals surface area (Å²) < 4.78 is 0. The third kappa shape index (κ3) is 2.95. The Balaban J connectivity index is 2.23. The highest BCUT2D eigenvalue weighted by Crippen LogP contribution is 2.12. The number of nitrogens with two attached hydrogens (primary N) is 2. The molecule has 2 rings (SSSR count). The third-order valence-corrected chi connectivity index (χ3v) is 2.70. The molecule has 1 heterocycles. The standard InChI is InChI=1S/C14H13N3O2/c15-13-11(14(16)19)6-9(8-17-13)7-12(18)10-4-2-1-3-5-10/h1-6,8H,7H2,(H2,15,17)(H2,16,19). The fraction of sp³-hybridized carbons (Fsp3) is 0.0714. The molecule has 0 aliphatic carbocycles. The lowest BCUT2D eigenvalue weighted by Crippen LogP contribution is -2.15. The molecule has 1 aromatic heterocycles. The number of Topliss-reactive ketones (excluding diaryl/α,β-unsaturated/α-hetero) is 1. The molecule has 0 radical (unpaired) electrons. The van der Waals surface area contributed by atoms with E-state index in [9.17, 15) is 9.59 Å². The summed E-state index contributed by atoms with van der Waals surface area (Å²) in [5.41, 5.74) is 12.1. The average molecular weight is 255 g/mol. The summed E-state index contributed by atoms with van der Waals surface area (Å²) in [6.07, 6.45) is 1.63. The van der Waals surface area contributed by atoms with E-state index in [1.807, 2.05) is 6.07 Å². The van der Waals surface area contributed by atoms with E-state index in [0.717, 1.165) is 0 Å². The summed E-state index contributed by atoms with van der Waals surface area (Å²) in [5, 5.41) is 0. The Morgan fingerprint density at radius 1 is 1.16 bits per heavy atom. The first-order valence-corrected chi connectivity index (χ1v) is 5.70. The van der Waals surface area contributed by atoms with Crippen molar-refractivity contribution in [2.75, 3.05) is 5.73 Å². The van der Waals surface area contributed by atoms with E-state index in [2.05, 4.69) is 4.98 Å². The van der Waals surface area contributed by atoms with Crippen molar-refractivity contribution in [1.82, 2.24) is 4.98 Å². The molecule has 0 spiro atoms. The van der Waals surface area contributed by atoms with Gasteiger partial charge in [0.2, 0.25) is 0 Å². The van der Waals surface area contributed by atoms with E-state index in [1.54, 1.807) is 24.3 Å². The third-order valence-electron chi connectivity index (χ3n) is 2.70. The molecule has 2 aromatic rings. The number of aromatic nitrogens is 1. The second-order valence-electron chi connectivity index (χ2n) is 4.11. The lowest BCUT2D eigenvalue weighted by atomic mass is 10.0. The van der Waals surface area contributed by atoms with Crippen LogP contribution in [0.15, 0.2) is 42.6 Å². The zero-order valence-electron chi connectivity index (χ0n) is 10.2. The summed E-state index contributed by atoms with van der Waals surface area (Å²) in [4.78, 5) is 27.0. The van der Waals surface area contributed by atoms with Gasteiger partial charge in [0.25, 0.3) is 5.91 Å². The second-order valence-corrected chi connectivity index (χ2v) is 4.11. The fourth-order valence-electron chi connectivity index (χ4n) is 1.72. The maximum Gasteiger partial charge on any atom is 0.252 e. The van der Waals surface area contributed by atoms with Crippen LogP contribution in [0.5, 0.6) is 0 Å². The van der Waals surface area contributed by atoms with E-state index in [0.29, 0.717) is 11.1 Å². The molecular formula is C14H13N3O2. The molecule has 0 bridgehead atoms. The highest BCUT2D eigenvalue weighted by atomic mass is 16.1. The maximum atomic E-state index is 12.0. The Bertz CT molecular complexity index is 624. The lowest BCUT2D eigenvalue weighted by Gasteiger charge is -2.05. The molecule has 0 aliphatic heterocycles. The normalized spacial score (nSPS) is 10.1. The molecule has 1 aromatic carbocycles. The highest BCUT2D eigenvalue weighted by Gasteiger charge is 2.11. The van der Waals surface area contributed by atoms with Gasteiger partial charge in [-0.2, -0.15) is 0 Å². The summed E-state index contributed by atoms with van der Waals surface area (Å²) in [6, 6.07) is 10.4. The van der Waals surface area contributed by atoms with Crippen molar-refractivity contribution >= 4 is 17.5 Å². The van der Waals surface area contributed by atoms with Crippen molar-refractivity contribution in [3.05, 3.63) is 59.3 Å². The van der Waals surface area contributed by atoms with Crippen molar-refractivity contribution in [2.45, 2.75) is 6.42 Å². The minimum absolute atomic E-state index is 0.0532. The zero-order valence-corrected chi connectivity index (χ0v) is 10.2. The number of anilines is 1. The number of hydrogen-bond acceptors (Lipinski definition) is 4. The number of primary amides is 1. The van der Waals surface area contributed by atoms with Crippen molar-refractivity contribution in [2.24, 2.45) is 5.73 Å². The molecule has 19 heavy (non-hydrogen) atoms. The number of rotatable bonds is 4. The quantitative estimate of drug-likeness (QED) is 0.801. The summed E-state index contributed by atoms with van der Waals surface area (Å²) >= 11 is 0. The van der Waals surface area contributed by atoms with Gasteiger partial charge in [-0.05, 0) is 11.6 Å². The van der Waals surface area contributed by atoms with Crippen LogP contribution >= 0.6 is 0 Å². The van der Waals surface area contributed by atoms with Gasteiger partial charge >= 0.3 is 0 Å². The molecule has 1 amide bonds. The molecule has 4 N–H and O–H groups in total. The van der Waals surface area contributed by atoms with Gasteiger partial charge in [0.05, 0.1) is 5.56 Å². The zero-order chi connectivity index (χ0) is 13.8. The molecule has 0 fully saturated rings. The van der Waals surface area contributed by atoms with Crippen LogP contribution in [0.4, 0.5) is 5.82 Å². The Morgan fingerprint density at radius 3 is 2.47 bits per heavy atom. The molecule has 0 saturated heterocycles. The van der Waals surface area contributed by atoms with Crippen molar-refractivity contribution in [1.29, 1.82) is 0 Å². The number of carbonyl (C=O) groups is 2. The van der Waals surface area contributed by atoms with Gasteiger partial charge in [0, 0.05) is 18.2 Å². The number of ketones is 1. The van der Waals surface area contributed by atoms with Crippen LogP contribution in [0.3, 0.4) is 0 Å². The smallest absolute Gasteiger partial charge is 0.252 e. The van der Waals surface area contributed by atoms with Gasteiger partial charge in [0.15, 0.2) is 5.78 Å². The van der Waals surface area contributed by atoms with E-state index in [4.69, 9.17) is 11.5 Å². The first-order valence-electron chi connectivity index (χ1n) is 5.70. The molecule has 0 aliphatic rings. The van der Waals surface area contributed by atoms with E-state index in [-0.39, 0.29) is 23.6 Å². The monoisotopic (exact) mass is 255 g/mol. The van der Waals surface area contributed by atoms with Gasteiger partial charge in [-0.15, -0.1) is 0 Å². The molecule has 96 valence electrons. The first kappa shape index (κ1) is 12.8. The van der Waals surface area contributed by atoms with E-state index < -0.39 is 5.91 Å². The maximum absolute atomic E-state index is 12.0. The topological polar surface area (TPSA) is 99.1 Å². The minimum Gasteiger partial charge on any atom is -0.383 e. The minimum atomic E-state index is -0.654. The predicted molar refractivity (Wildman–Crippen MR) is 71.6 cm³/mol.